The van der Waals surface area contributed by atoms with Crippen molar-refractivity contribution in [2.24, 2.45) is 17.3 Å². The number of rotatable bonds is 2. The van der Waals surface area contributed by atoms with Crippen molar-refractivity contribution in [1.29, 1.82) is 0 Å². The second kappa shape index (κ2) is 4.69. The maximum Gasteiger partial charge on any atom is 0.334 e. The van der Waals surface area contributed by atoms with Crippen molar-refractivity contribution < 1.29 is 33.3 Å². The maximum atomic E-state index is 12.2. The first-order valence-electron chi connectivity index (χ1n) is 7.85. The molecule has 0 amide bonds. The molecule has 128 valence electrons. The molecular weight excluding hydrogens is 316 g/mol. The number of hydrogen-bond donors (Lipinski definition) is 0. The lowest BCUT2D eigenvalue weighted by Crippen LogP contribution is -2.62. The van der Waals surface area contributed by atoms with Crippen molar-refractivity contribution in [1.82, 2.24) is 0 Å². The van der Waals surface area contributed by atoms with Crippen molar-refractivity contribution in [3.05, 3.63) is 24.3 Å². The Hall–Kier alpha value is -2.15. The first-order chi connectivity index (χ1) is 11.3. The quantitative estimate of drug-likeness (QED) is 0.315. The van der Waals surface area contributed by atoms with E-state index in [0.717, 1.165) is 0 Å². The van der Waals surface area contributed by atoms with Gasteiger partial charge in [0, 0.05) is 29.4 Å². The van der Waals surface area contributed by atoms with Gasteiger partial charge in [-0.3, -0.25) is 4.79 Å². The van der Waals surface area contributed by atoms with E-state index in [1.54, 1.807) is 0 Å². The van der Waals surface area contributed by atoms with Gasteiger partial charge in [-0.05, 0) is 0 Å². The van der Waals surface area contributed by atoms with Crippen LogP contribution in [0.4, 0.5) is 0 Å². The van der Waals surface area contributed by atoms with Crippen LogP contribution >= 0.6 is 0 Å². The van der Waals surface area contributed by atoms with Crippen molar-refractivity contribution in [2.45, 2.75) is 38.3 Å². The monoisotopic (exact) mass is 334 g/mol. The van der Waals surface area contributed by atoms with Crippen LogP contribution in [0.5, 0.6) is 0 Å². The molecule has 4 rings (SSSR count). The van der Waals surface area contributed by atoms with Gasteiger partial charge in [0.25, 0.3) is 0 Å². The Morgan fingerprint density at radius 2 is 1.75 bits per heavy atom. The molecule has 7 atom stereocenters. The molecule has 0 aromatic rings. The summed E-state index contributed by atoms with van der Waals surface area (Å²) in [6.45, 7) is 11.3. The molecule has 7 heteroatoms. The molecular formula is C17H18O7. The second-order valence-corrected chi connectivity index (χ2v) is 7.01. The molecule has 0 bridgehead atoms. The van der Waals surface area contributed by atoms with Crippen LogP contribution < -0.4 is 0 Å². The molecule has 0 aromatic carbocycles. The summed E-state index contributed by atoms with van der Waals surface area (Å²) in [5, 5.41) is 0. The zero-order chi connectivity index (χ0) is 17.4. The minimum atomic E-state index is -0.772. The highest BCUT2D eigenvalue weighted by molar-refractivity contribution is 5.94. The molecule has 24 heavy (non-hydrogen) atoms. The van der Waals surface area contributed by atoms with Gasteiger partial charge >= 0.3 is 17.9 Å². The van der Waals surface area contributed by atoms with Gasteiger partial charge < -0.3 is 18.9 Å². The fourth-order valence-electron chi connectivity index (χ4n) is 4.54. The van der Waals surface area contributed by atoms with E-state index in [0.29, 0.717) is 12.2 Å². The van der Waals surface area contributed by atoms with E-state index >= 15 is 0 Å². The Bertz CT molecular complexity index is 691. The van der Waals surface area contributed by atoms with Gasteiger partial charge in [-0.15, -0.1) is 0 Å². The molecule has 4 aliphatic rings. The van der Waals surface area contributed by atoms with Gasteiger partial charge in [-0.1, -0.05) is 20.1 Å². The van der Waals surface area contributed by atoms with Crippen LogP contribution in [0.2, 0.25) is 0 Å². The van der Waals surface area contributed by atoms with Crippen LogP contribution in [0.1, 0.15) is 13.8 Å². The van der Waals surface area contributed by atoms with E-state index < -0.39 is 53.5 Å². The zero-order valence-electron chi connectivity index (χ0n) is 13.4. The Balaban J connectivity index is 1.86. The number of carbonyl (C=O) groups excluding carboxylic acids is 3. The minimum absolute atomic E-state index is 0.228. The Labute approximate surface area is 138 Å². The maximum absolute atomic E-state index is 12.2. The third-order valence-electron chi connectivity index (χ3n) is 5.73. The first-order valence-corrected chi connectivity index (χ1v) is 7.85. The van der Waals surface area contributed by atoms with Crippen LogP contribution in [0, 0.1) is 17.3 Å². The van der Waals surface area contributed by atoms with Crippen LogP contribution in [-0.4, -0.2) is 48.9 Å². The topological polar surface area (TPSA) is 91.4 Å². The van der Waals surface area contributed by atoms with Crippen LogP contribution in [0.25, 0.3) is 0 Å². The number of epoxide rings is 1. The Morgan fingerprint density at radius 1 is 1.17 bits per heavy atom. The highest BCUT2D eigenvalue weighted by atomic mass is 16.6. The van der Waals surface area contributed by atoms with Gasteiger partial charge in [-0.25, -0.2) is 9.59 Å². The van der Waals surface area contributed by atoms with E-state index in [4.69, 9.17) is 18.9 Å². The molecule has 0 radical (unpaired) electrons. The Morgan fingerprint density at radius 3 is 2.33 bits per heavy atom. The average molecular weight is 334 g/mol. The fraction of sp³-hybridized carbons (Fsp3) is 0.588. The first kappa shape index (κ1) is 15.4. The molecule has 7 nitrogen and oxygen atoms in total. The molecule has 3 heterocycles. The Kier molecular flexibility index (Phi) is 3.01. The molecule has 0 unspecified atom stereocenters. The lowest BCUT2D eigenvalue weighted by Gasteiger charge is -2.49. The third-order valence-corrected chi connectivity index (χ3v) is 5.73. The zero-order valence-corrected chi connectivity index (χ0v) is 13.4. The van der Waals surface area contributed by atoms with Crippen molar-refractivity contribution in [3.63, 3.8) is 0 Å². The van der Waals surface area contributed by atoms with Gasteiger partial charge in [0.1, 0.15) is 12.2 Å². The summed E-state index contributed by atoms with van der Waals surface area (Å²) in [4.78, 5) is 35.9. The summed E-state index contributed by atoms with van der Waals surface area (Å²) in [7, 11) is 0. The van der Waals surface area contributed by atoms with Crippen LogP contribution in [-0.2, 0) is 33.3 Å². The smallest absolute Gasteiger partial charge is 0.334 e. The lowest BCUT2D eigenvalue weighted by molar-refractivity contribution is -0.200. The predicted molar refractivity (Wildman–Crippen MR) is 78.4 cm³/mol. The number of ether oxygens (including phenoxy) is 4. The van der Waals surface area contributed by atoms with Crippen molar-refractivity contribution in [2.75, 3.05) is 6.61 Å². The van der Waals surface area contributed by atoms with Crippen molar-refractivity contribution >= 4 is 17.9 Å². The number of hydrogen-bond acceptors (Lipinski definition) is 7. The van der Waals surface area contributed by atoms with Gasteiger partial charge in [-0.2, -0.15) is 0 Å². The number of carbonyl (C=O) groups is 3. The minimum Gasteiger partial charge on any atom is -0.458 e. The third kappa shape index (κ3) is 1.79. The van der Waals surface area contributed by atoms with Gasteiger partial charge in [0.05, 0.1) is 18.6 Å². The summed E-state index contributed by atoms with van der Waals surface area (Å²) in [5.74, 6) is -2.55. The largest absolute Gasteiger partial charge is 0.458 e. The highest BCUT2D eigenvalue weighted by Gasteiger charge is 2.72. The van der Waals surface area contributed by atoms with Crippen molar-refractivity contribution in [3.8, 4) is 0 Å². The number of esters is 3. The summed E-state index contributed by atoms with van der Waals surface area (Å²) >= 11 is 0. The molecule has 0 spiro atoms. The van der Waals surface area contributed by atoms with Crippen LogP contribution in [0.15, 0.2) is 24.3 Å². The molecule has 4 fully saturated rings. The fourth-order valence-corrected chi connectivity index (χ4v) is 4.54. The van der Waals surface area contributed by atoms with Gasteiger partial charge in [0.15, 0.2) is 6.10 Å². The predicted octanol–water partition coefficient (Wildman–Crippen LogP) is 0.532. The molecule has 3 saturated heterocycles. The second-order valence-electron chi connectivity index (χ2n) is 7.01. The number of fused-ring (bicyclic) bond motifs is 3. The molecule has 1 aliphatic carbocycles. The van der Waals surface area contributed by atoms with Gasteiger partial charge in [0.2, 0.25) is 0 Å². The van der Waals surface area contributed by atoms with E-state index in [2.05, 4.69) is 13.2 Å². The summed E-state index contributed by atoms with van der Waals surface area (Å²) in [5.41, 5.74) is -0.236. The highest BCUT2D eigenvalue weighted by Crippen LogP contribution is 2.60. The molecule has 0 aromatic heterocycles. The van der Waals surface area contributed by atoms with E-state index in [-0.39, 0.29) is 11.7 Å². The van der Waals surface area contributed by atoms with E-state index in [1.807, 2.05) is 6.92 Å². The van der Waals surface area contributed by atoms with Crippen LogP contribution in [0.3, 0.4) is 0 Å². The normalized spacial score (nSPS) is 46.1. The summed E-state index contributed by atoms with van der Waals surface area (Å²) in [6, 6.07) is 0. The summed E-state index contributed by atoms with van der Waals surface area (Å²) in [6.07, 6.45) is -2.35. The summed E-state index contributed by atoms with van der Waals surface area (Å²) < 4.78 is 22.0. The lowest BCUT2D eigenvalue weighted by atomic mass is 9.56. The van der Waals surface area contributed by atoms with E-state index in [1.165, 1.54) is 6.92 Å². The standard InChI is InChI=1S/C17H18O7/c1-6-10-12-11(7(2)16(20)23-12)17(4,9-5-21-9)14(22-8(3)18)13(10)24-15(6)19/h9-14H,1-2,5H2,3-4H3/t9-,10-,11-,12-,13-,14-,17+/m0/s1. The SMILES string of the molecule is C=C1C(=O)O[C@H]2[C@@H]1[C@@H]1OC(=O)C(=C)[C@@H]1[C@@](C)([C@@H]1CO1)[C@H]2OC(C)=O. The molecule has 0 N–H and O–H groups in total. The molecule has 1 saturated carbocycles. The van der Waals surface area contributed by atoms with E-state index in [9.17, 15) is 14.4 Å². The average Bonchev–Trinajstić information content (AvgIpc) is 3.26. The molecule has 3 aliphatic heterocycles.